The van der Waals surface area contributed by atoms with E-state index in [4.69, 9.17) is 0 Å². The van der Waals surface area contributed by atoms with E-state index in [1.54, 1.807) is 0 Å². The molecule has 0 saturated heterocycles. The van der Waals surface area contributed by atoms with Gasteiger partial charge in [0.15, 0.2) is 0 Å². The molecular weight excluding hydrogens is 302 g/mol. The average molecular weight is 326 g/mol. The van der Waals surface area contributed by atoms with Gasteiger partial charge in [-0.2, -0.15) is 0 Å². The molecule has 0 aromatic heterocycles. The van der Waals surface area contributed by atoms with Crippen molar-refractivity contribution < 1.29 is 5.11 Å². The van der Waals surface area contributed by atoms with Gasteiger partial charge in [0, 0.05) is 17.1 Å². The summed E-state index contributed by atoms with van der Waals surface area (Å²) in [5.41, 5.74) is 0.970. The Balaban J connectivity index is 1.80. The predicted molar refractivity (Wildman–Crippen MR) is 83.1 cm³/mol. The van der Waals surface area contributed by atoms with E-state index in [1.165, 1.54) is 32.1 Å². The third kappa shape index (κ3) is 4.59. The molecule has 2 N–H and O–H groups in total. The summed E-state index contributed by atoms with van der Waals surface area (Å²) in [4.78, 5) is 0. The Morgan fingerprint density at radius 1 is 1.32 bits per heavy atom. The van der Waals surface area contributed by atoms with Gasteiger partial charge in [-0.1, -0.05) is 47.3 Å². The van der Waals surface area contributed by atoms with Gasteiger partial charge in [0.1, 0.15) is 0 Å². The van der Waals surface area contributed by atoms with E-state index >= 15 is 0 Å². The first-order chi connectivity index (χ1) is 9.16. The van der Waals surface area contributed by atoms with Crippen LogP contribution in [0.15, 0.2) is 28.7 Å². The van der Waals surface area contributed by atoms with Crippen LogP contribution in [0.3, 0.4) is 0 Å². The van der Waals surface area contributed by atoms with E-state index in [-0.39, 0.29) is 0 Å². The molecule has 0 amide bonds. The third-order valence-electron chi connectivity index (χ3n) is 4.22. The van der Waals surface area contributed by atoms with Gasteiger partial charge in [0.05, 0.1) is 6.10 Å². The van der Waals surface area contributed by atoms with E-state index in [0.29, 0.717) is 12.6 Å². The van der Waals surface area contributed by atoms with Crippen molar-refractivity contribution in [2.45, 2.75) is 51.2 Å². The largest absolute Gasteiger partial charge is 0.387 e. The third-order valence-corrected chi connectivity index (χ3v) is 4.72. The highest BCUT2D eigenvalue weighted by Gasteiger charge is 2.20. The van der Waals surface area contributed by atoms with Gasteiger partial charge in [-0.15, -0.1) is 0 Å². The first-order valence-corrected chi connectivity index (χ1v) is 8.13. The molecule has 2 rings (SSSR count). The Hall–Kier alpha value is -0.380. The van der Waals surface area contributed by atoms with Crippen LogP contribution in [0.25, 0.3) is 0 Å². The highest BCUT2D eigenvalue weighted by molar-refractivity contribution is 9.10. The Bertz CT molecular complexity index is 390. The molecule has 1 aromatic carbocycles. The lowest BCUT2D eigenvalue weighted by atomic mass is 9.84. The minimum atomic E-state index is -0.427. The van der Waals surface area contributed by atoms with Crippen molar-refractivity contribution in [1.82, 2.24) is 5.32 Å². The second-order valence-electron chi connectivity index (χ2n) is 5.67. The smallest absolute Gasteiger partial charge is 0.0914 e. The number of hydrogen-bond donors (Lipinski definition) is 2. The molecule has 1 aliphatic rings. The average Bonchev–Trinajstić information content (AvgIpc) is 2.45. The Kier molecular flexibility index (Phi) is 5.86. The summed E-state index contributed by atoms with van der Waals surface area (Å²) in [7, 11) is 0. The molecule has 0 bridgehead atoms. The molecular formula is C16H24BrNO. The lowest BCUT2D eigenvalue weighted by Crippen LogP contribution is -2.37. The summed E-state index contributed by atoms with van der Waals surface area (Å²) in [5.74, 6) is 0.781. The summed E-state index contributed by atoms with van der Waals surface area (Å²) in [6, 6.07) is 8.41. The zero-order valence-corrected chi connectivity index (χ0v) is 13.2. The summed E-state index contributed by atoms with van der Waals surface area (Å²) in [6.45, 7) is 2.89. The molecule has 106 valence electrons. The second kappa shape index (κ2) is 7.41. The van der Waals surface area contributed by atoms with E-state index in [1.807, 2.05) is 24.3 Å². The highest BCUT2D eigenvalue weighted by atomic mass is 79.9. The standard InChI is InChI=1S/C16H24BrNO/c1-12(13-6-3-2-4-7-13)18-11-16(19)14-8-5-9-15(17)10-14/h5,8-10,12-13,16,18-19H,2-4,6-7,11H2,1H3. The van der Waals surface area contributed by atoms with Gasteiger partial charge in [-0.05, 0) is 43.4 Å². The summed E-state index contributed by atoms with van der Waals surface area (Å²) >= 11 is 3.44. The number of benzene rings is 1. The van der Waals surface area contributed by atoms with Crippen LogP contribution in [0.1, 0.15) is 50.7 Å². The molecule has 3 heteroatoms. The van der Waals surface area contributed by atoms with Crippen LogP contribution in [-0.2, 0) is 0 Å². The lowest BCUT2D eigenvalue weighted by molar-refractivity contribution is 0.161. The Morgan fingerprint density at radius 3 is 2.74 bits per heavy atom. The molecule has 1 aliphatic carbocycles. The maximum Gasteiger partial charge on any atom is 0.0914 e. The molecule has 1 fully saturated rings. The fourth-order valence-corrected chi connectivity index (χ4v) is 3.35. The fourth-order valence-electron chi connectivity index (χ4n) is 2.93. The van der Waals surface area contributed by atoms with Gasteiger partial charge in [0.2, 0.25) is 0 Å². The first-order valence-electron chi connectivity index (χ1n) is 7.33. The summed E-state index contributed by atoms with van der Waals surface area (Å²) < 4.78 is 1.02. The van der Waals surface area contributed by atoms with Crippen molar-refractivity contribution in [3.8, 4) is 0 Å². The molecule has 2 nitrogen and oxygen atoms in total. The Labute approximate surface area is 124 Å². The zero-order chi connectivity index (χ0) is 13.7. The van der Waals surface area contributed by atoms with E-state index in [0.717, 1.165) is 16.0 Å². The number of nitrogens with one attached hydrogen (secondary N) is 1. The topological polar surface area (TPSA) is 32.3 Å². The molecule has 0 spiro atoms. The van der Waals surface area contributed by atoms with Gasteiger partial charge in [0.25, 0.3) is 0 Å². The molecule has 2 atom stereocenters. The Morgan fingerprint density at radius 2 is 2.05 bits per heavy atom. The minimum absolute atomic E-state index is 0.427. The highest BCUT2D eigenvalue weighted by Crippen LogP contribution is 2.26. The summed E-state index contributed by atoms with van der Waals surface area (Å²) in [6.07, 6.45) is 6.37. The minimum Gasteiger partial charge on any atom is -0.387 e. The maximum atomic E-state index is 10.2. The van der Waals surface area contributed by atoms with Crippen LogP contribution in [0.4, 0.5) is 0 Å². The van der Waals surface area contributed by atoms with Crippen molar-refractivity contribution >= 4 is 15.9 Å². The van der Waals surface area contributed by atoms with Gasteiger partial charge >= 0.3 is 0 Å². The predicted octanol–water partition coefficient (Wildman–Crippen LogP) is 4.04. The molecule has 0 aliphatic heterocycles. The van der Waals surface area contributed by atoms with Crippen molar-refractivity contribution in [3.05, 3.63) is 34.3 Å². The SMILES string of the molecule is CC(NCC(O)c1cccc(Br)c1)C1CCCCC1. The number of rotatable bonds is 5. The number of aliphatic hydroxyl groups excluding tert-OH is 1. The summed E-state index contributed by atoms with van der Waals surface area (Å²) in [5, 5.41) is 13.7. The number of aliphatic hydroxyl groups is 1. The van der Waals surface area contributed by atoms with Crippen molar-refractivity contribution in [3.63, 3.8) is 0 Å². The molecule has 1 saturated carbocycles. The van der Waals surface area contributed by atoms with Crippen molar-refractivity contribution in [2.75, 3.05) is 6.54 Å². The second-order valence-corrected chi connectivity index (χ2v) is 6.58. The van der Waals surface area contributed by atoms with E-state index in [2.05, 4.69) is 28.2 Å². The van der Waals surface area contributed by atoms with Gasteiger partial charge in [-0.25, -0.2) is 0 Å². The van der Waals surface area contributed by atoms with Crippen molar-refractivity contribution in [1.29, 1.82) is 0 Å². The molecule has 0 heterocycles. The normalized spacial score (nSPS) is 20.2. The van der Waals surface area contributed by atoms with Gasteiger partial charge in [-0.3, -0.25) is 0 Å². The van der Waals surface area contributed by atoms with Gasteiger partial charge < -0.3 is 10.4 Å². The first kappa shape index (κ1) is 15.0. The lowest BCUT2D eigenvalue weighted by Gasteiger charge is -2.29. The number of halogens is 1. The molecule has 0 radical (unpaired) electrons. The fraction of sp³-hybridized carbons (Fsp3) is 0.625. The van der Waals surface area contributed by atoms with Crippen molar-refractivity contribution in [2.24, 2.45) is 5.92 Å². The molecule has 19 heavy (non-hydrogen) atoms. The van der Waals surface area contributed by atoms with E-state index in [9.17, 15) is 5.11 Å². The molecule has 2 unspecified atom stereocenters. The van der Waals surface area contributed by atoms with Crippen LogP contribution in [-0.4, -0.2) is 17.7 Å². The van der Waals surface area contributed by atoms with Crippen LogP contribution in [0.5, 0.6) is 0 Å². The molecule has 1 aromatic rings. The monoisotopic (exact) mass is 325 g/mol. The number of hydrogen-bond acceptors (Lipinski definition) is 2. The van der Waals surface area contributed by atoms with Crippen LogP contribution >= 0.6 is 15.9 Å². The van der Waals surface area contributed by atoms with E-state index < -0.39 is 6.10 Å². The quantitative estimate of drug-likeness (QED) is 0.856. The maximum absolute atomic E-state index is 10.2. The van der Waals surface area contributed by atoms with Crippen LogP contribution in [0, 0.1) is 5.92 Å². The van der Waals surface area contributed by atoms with Crippen LogP contribution in [0.2, 0.25) is 0 Å². The zero-order valence-electron chi connectivity index (χ0n) is 11.6. The van der Waals surface area contributed by atoms with Crippen LogP contribution < -0.4 is 5.32 Å².